The van der Waals surface area contributed by atoms with E-state index in [1.165, 1.54) is 9.87 Å². The van der Waals surface area contributed by atoms with Crippen LogP contribution >= 0.6 is 11.6 Å². The Balaban J connectivity index is 1.36. The number of benzene rings is 2. The van der Waals surface area contributed by atoms with E-state index in [9.17, 15) is 13.2 Å². The number of hydrogen-bond acceptors (Lipinski definition) is 3. The minimum absolute atomic E-state index is 0.0224. The first-order chi connectivity index (χ1) is 13.4. The molecule has 2 aliphatic rings. The maximum Gasteiger partial charge on any atom is 0.317 e. The fourth-order valence-corrected chi connectivity index (χ4v) is 5.49. The molecule has 1 aliphatic heterocycles. The lowest BCUT2D eigenvalue weighted by molar-refractivity contribution is 0.169. The molecule has 4 rings (SSSR count). The molecule has 1 fully saturated rings. The zero-order chi connectivity index (χ0) is 19.7. The van der Waals surface area contributed by atoms with Crippen LogP contribution < -0.4 is 5.32 Å². The van der Waals surface area contributed by atoms with E-state index in [0.29, 0.717) is 31.2 Å². The lowest BCUT2D eigenvalue weighted by Crippen LogP contribution is -2.53. The van der Waals surface area contributed by atoms with Gasteiger partial charge < -0.3 is 10.2 Å². The van der Waals surface area contributed by atoms with Crippen molar-refractivity contribution in [1.82, 2.24) is 14.5 Å². The molecule has 1 unspecified atom stereocenters. The third-order valence-electron chi connectivity index (χ3n) is 5.39. The number of fused-ring (bicyclic) bond motifs is 1. The van der Waals surface area contributed by atoms with Gasteiger partial charge in [0.1, 0.15) is 0 Å². The first kappa shape index (κ1) is 19.2. The van der Waals surface area contributed by atoms with Crippen molar-refractivity contribution in [1.29, 1.82) is 0 Å². The molecule has 148 valence electrons. The normalized spacial score (nSPS) is 20.0. The Bertz CT molecular complexity index is 973. The Morgan fingerprint density at radius 2 is 1.75 bits per heavy atom. The van der Waals surface area contributed by atoms with Gasteiger partial charge in [0.05, 0.1) is 10.9 Å². The second-order valence-electron chi connectivity index (χ2n) is 7.09. The highest BCUT2D eigenvalue weighted by Crippen LogP contribution is 2.33. The summed E-state index contributed by atoms with van der Waals surface area (Å²) in [6.45, 7) is 1.33. The summed E-state index contributed by atoms with van der Waals surface area (Å²) in [5, 5.41) is 3.80. The summed E-state index contributed by atoms with van der Waals surface area (Å²) in [5.74, 6) is 0. The number of hydrogen-bond donors (Lipinski definition) is 1. The second kappa shape index (κ2) is 7.73. The molecule has 0 aromatic heterocycles. The number of amides is 2. The van der Waals surface area contributed by atoms with Crippen LogP contribution in [0.4, 0.5) is 4.79 Å². The monoisotopic (exact) mass is 419 g/mol. The summed E-state index contributed by atoms with van der Waals surface area (Å²) >= 11 is 6.04. The second-order valence-corrected chi connectivity index (χ2v) is 9.46. The molecule has 1 atom stereocenters. The maximum atomic E-state index is 12.7. The minimum Gasteiger partial charge on any atom is -0.331 e. The van der Waals surface area contributed by atoms with E-state index in [0.717, 1.165) is 18.4 Å². The van der Waals surface area contributed by atoms with Crippen LogP contribution in [-0.4, -0.2) is 49.8 Å². The molecule has 0 saturated carbocycles. The topological polar surface area (TPSA) is 69.7 Å². The van der Waals surface area contributed by atoms with Gasteiger partial charge in [0.15, 0.2) is 0 Å². The SMILES string of the molecule is O=C(NC1CCc2cc(Cl)ccc21)N1CCN(S(=O)(=O)c2ccccc2)CC1. The largest absolute Gasteiger partial charge is 0.331 e. The van der Waals surface area contributed by atoms with Crippen molar-refractivity contribution in [3.05, 3.63) is 64.7 Å². The van der Waals surface area contributed by atoms with E-state index in [4.69, 9.17) is 11.6 Å². The van der Waals surface area contributed by atoms with E-state index >= 15 is 0 Å². The maximum absolute atomic E-state index is 12.7. The van der Waals surface area contributed by atoms with Crippen molar-refractivity contribution in [2.45, 2.75) is 23.8 Å². The molecular formula is C20H22ClN3O3S. The first-order valence-electron chi connectivity index (χ1n) is 9.34. The van der Waals surface area contributed by atoms with E-state index in [1.807, 2.05) is 18.2 Å². The molecule has 28 heavy (non-hydrogen) atoms. The van der Waals surface area contributed by atoms with Crippen LogP contribution in [0.3, 0.4) is 0 Å². The predicted octanol–water partition coefficient (Wildman–Crippen LogP) is 3.04. The zero-order valence-electron chi connectivity index (χ0n) is 15.3. The van der Waals surface area contributed by atoms with Gasteiger partial charge in [-0.15, -0.1) is 0 Å². The van der Waals surface area contributed by atoms with Gasteiger partial charge in [0.25, 0.3) is 0 Å². The van der Waals surface area contributed by atoms with Crippen LogP contribution in [0.25, 0.3) is 0 Å². The van der Waals surface area contributed by atoms with Gasteiger partial charge in [-0.05, 0) is 48.2 Å². The molecule has 2 amide bonds. The third-order valence-corrected chi connectivity index (χ3v) is 7.54. The van der Waals surface area contributed by atoms with Gasteiger partial charge in [-0.1, -0.05) is 35.9 Å². The number of carbonyl (C=O) groups is 1. The molecule has 2 aromatic rings. The molecule has 0 bridgehead atoms. The molecule has 1 saturated heterocycles. The van der Waals surface area contributed by atoms with E-state index in [-0.39, 0.29) is 17.0 Å². The number of urea groups is 1. The van der Waals surface area contributed by atoms with Crippen molar-refractivity contribution in [3.63, 3.8) is 0 Å². The molecule has 0 radical (unpaired) electrons. The molecule has 1 aliphatic carbocycles. The molecule has 2 aromatic carbocycles. The minimum atomic E-state index is -3.52. The fourth-order valence-electron chi connectivity index (χ4n) is 3.85. The number of sulfonamides is 1. The van der Waals surface area contributed by atoms with E-state index < -0.39 is 10.0 Å². The molecule has 1 heterocycles. The van der Waals surface area contributed by atoms with Crippen LogP contribution in [0.5, 0.6) is 0 Å². The number of carbonyl (C=O) groups excluding carboxylic acids is 1. The van der Waals surface area contributed by atoms with Crippen molar-refractivity contribution in [2.75, 3.05) is 26.2 Å². The molecular weight excluding hydrogens is 398 g/mol. The van der Waals surface area contributed by atoms with Crippen molar-refractivity contribution in [2.24, 2.45) is 0 Å². The quantitative estimate of drug-likeness (QED) is 0.831. The van der Waals surface area contributed by atoms with Crippen LogP contribution in [-0.2, 0) is 16.4 Å². The summed E-state index contributed by atoms with van der Waals surface area (Å²) < 4.78 is 26.9. The van der Waals surface area contributed by atoms with Crippen molar-refractivity contribution in [3.8, 4) is 0 Å². The Kier molecular flexibility index (Phi) is 5.31. The summed E-state index contributed by atoms with van der Waals surface area (Å²) in [7, 11) is -3.52. The summed E-state index contributed by atoms with van der Waals surface area (Å²) in [6, 6.07) is 14.0. The Labute approximate surface area is 170 Å². The highest BCUT2D eigenvalue weighted by atomic mass is 35.5. The zero-order valence-corrected chi connectivity index (χ0v) is 16.9. The third kappa shape index (κ3) is 3.74. The number of aryl methyl sites for hydroxylation is 1. The predicted molar refractivity (Wildman–Crippen MR) is 108 cm³/mol. The van der Waals surface area contributed by atoms with Gasteiger partial charge in [0, 0.05) is 31.2 Å². The van der Waals surface area contributed by atoms with Gasteiger partial charge in [-0.3, -0.25) is 0 Å². The molecule has 1 N–H and O–H groups in total. The fraction of sp³-hybridized carbons (Fsp3) is 0.350. The standard InChI is InChI=1S/C20H22ClN3O3S/c21-16-7-8-18-15(14-16)6-9-19(18)22-20(25)23-10-12-24(13-11-23)28(26,27)17-4-2-1-3-5-17/h1-5,7-8,14,19H,6,9-13H2,(H,22,25). The van der Waals surface area contributed by atoms with Gasteiger partial charge >= 0.3 is 6.03 Å². The molecule has 0 spiro atoms. The number of rotatable bonds is 3. The Hall–Kier alpha value is -2.09. The van der Waals surface area contributed by atoms with Crippen LogP contribution in [0, 0.1) is 0 Å². The van der Waals surface area contributed by atoms with E-state index in [2.05, 4.69) is 5.32 Å². The molecule has 8 heteroatoms. The van der Waals surface area contributed by atoms with Crippen LogP contribution in [0.1, 0.15) is 23.6 Å². The van der Waals surface area contributed by atoms with Gasteiger partial charge in [-0.25, -0.2) is 13.2 Å². The number of nitrogens with zero attached hydrogens (tertiary/aromatic N) is 2. The summed E-state index contributed by atoms with van der Waals surface area (Å²) in [5.41, 5.74) is 2.29. The molecule has 6 nitrogen and oxygen atoms in total. The highest BCUT2D eigenvalue weighted by Gasteiger charge is 2.31. The van der Waals surface area contributed by atoms with Crippen LogP contribution in [0.15, 0.2) is 53.4 Å². The average molecular weight is 420 g/mol. The number of nitrogens with one attached hydrogen (secondary N) is 1. The average Bonchev–Trinajstić information content (AvgIpc) is 3.10. The smallest absolute Gasteiger partial charge is 0.317 e. The van der Waals surface area contributed by atoms with E-state index in [1.54, 1.807) is 35.2 Å². The first-order valence-corrected chi connectivity index (χ1v) is 11.2. The number of piperazine rings is 1. The van der Waals surface area contributed by atoms with Gasteiger partial charge in [0.2, 0.25) is 10.0 Å². The summed E-state index contributed by atoms with van der Waals surface area (Å²) in [6.07, 6.45) is 1.74. The highest BCUT2D eigenvalue weighted by molar-refractivity contribution is 7.89. The lowest BCUT2D eigenvalue weighted by Gasteiger charge is -2.34. The van der Waals surface area contributed by atoms with Gasteiger partial charge in [-0.2, -0.15) is 4.31 Å². The number of halogens is 1. The van der Waals surface area contributed by atoms with Crippen molar-refractivity contribution >= 4 is 27.7 Å². The summed E-state index contributed by atoms with van der Waals surface area (Å²) in [4.78, 5) is 14.6. The Morgan fingerprint density at radius 3 is 2.46 bits per heavy atom. The Morgan fingerprint density at radius 1 is 1.04 bits per heavy atom. The lowest BCUT2D eigenvalue weighted by atomic mass is 10.1. The van der Waals surface area contributed by atoms with Crippen molar-refractivity contribution < 1.29 is 13.2 Å². The van der Waals surface area contributed by atoms with Crippen LogP contribution in [0.2, 0.25) is 5.02 Å².